The number of hydrogen-bond donors (Lipinski definition) is 4. The van der Waals surface area contributed by atoms with E-state index in [1.54, 1.807) is 42.5 Å². The highest BCUT2D eigenvalue weighted by Crippen LogP contribution is 2.50. The van der Waals surface area contributed by atoms with Crippen LogP contribution in [0.4, 0.5) is 5.69 Å². The number of aromatic hydroxyl groups is 1. The van der Waals surface area contributed by atoms with E-state index < -0.39 is 16.1 Å². The van der Waals surface area contributed by atoms with Crippen LogP contribution in [-0.2, 0) is 21.8 Å². The molecule has 2 unspecified atom stereocenters. The summed E-state index contributed by atoms with van der Waals surface area (Å²) < 4.78 is 26.7. The summed E-state index contributed by atoms with van der Waals surface area (Å²) in [6.07, 6.45) is 8.10. The smallest absolute Gasteiger partial charge is 0.206 e. The number of aliphatic hydroxyl groups excluding tert-OH is 1. The highest BCUT2D eigenvalue weighted by molar-refractivity contribution is 7.91. The molecule has 6 nitrogen and oxygen atoms in total. The van der Waals surface area contributed by atoms with E-state index >= 15 is 0 Å². The Hall–Kier alpha value is -3.65. The molecule has 0 amide bonds. The SMILES string of the molecule is O=S(=O)(c1ccc(CNC(O)C2Nc3ccc(O)cc3C23CCCCCCCC3)cc1)c1ccc(-c2ccccc2)cc1. The van der Waals surface area contributed by atoms with Crippen molar-refractivity contribution in [3.05, 3.63) is 108 Å². The fourth-order valence-electron chi connectivity index (χ4n) is 6.94. The summed E-state index contributed by atoms with van der Waals surface area (Å²) in [5.41, 5.74) is 4.71. The predicted octanol–water partition coefficient (Wildman–Crippen LogP) is 7.17. The van der Waals surface area contributed by atoms with Crippen LogP contribution in [0.25, 0.3) is 11.1 Å². The first-order valence-corrected chi connectivity index (χ1v) is 16.9. The topological polar surface area (TPSA) is 98.7 Å². The molecule has 43 heavy (non-hydrogen) atoms. The Morgan fingerprint density at radius 2 is 1.35 bits per heavy atom. The fraction of sp³-hybridized carbons (Fsp3) is 0.333. The normalized spacial score (nSPS) is 19.0. The number of aliphatic hydroxyl groups is 1. The lowest BCUT2D eigenvalue weighted by Crippen LogP contribution is -2.52. The van der Waals surface area contributed by atoms with E-state index in [0.717, 1.165) is 53.6 Å². The zero-order chi connectivity index (χ0) is 29.9. The van der Waals surface area contributed by atoms with E-state index in [-0.39, 0.29) is 27.0 Å². The molecule has 1 fully saturated rings. The lowest BCUT2D eigenvalue weighted by Gasteiger charge is -2.39. The molecule has 2 atom stereocenters. The average Bonchev–Trinajstić information content (AvgIpc) is 3.41. The van der Waals surface area contributed by atoms with Crippen LogP contribution in [0.5, 0.6) is 5.75 Å². The lowest BCUT2D eigenvalue weighted by atomic mass is 9.69. The van der Waals surface area contributed by atoms with Gasteiger partial charge in [-0.3, -0.25) is 5.32 Å². The van der Waals surface area contributed by atoms with Crippen LogP contribution < -0.4 is 10.6 Å². The van der Waals surface area contributed by atoms with Crippen molar-refractivity contribution in [1.82, 2.24) is 5.32 Å². The number of nitrogens with one attached hydrogen (secondary N) is 2. The minimum absolute atomic E-state index is 0.235. The maximum Gasteiger partial charge on any atom is 0.206 e. The largest absolute Gasteiger partial charge is 0.508 e. The van der Waals surface area contributed by atoms with E-state index in [1.165, 1.54) is 25.7 Å². The highest BCUT2D eigenvalue weighted by atomic mass is 32.2. The van der Waals surface area contributed by atoms with Crippen LogP contribution in [0, 0.1) is 0 Å². The van der Waals surface area contributed by atoms with Crippen LogP contribution >= 0.6 is 0 Å². The maximum absolute atomic E-state index is 13.3. The van der Waals surface area contributed by atoms with E-state index in [0.29, 0.717) is 6.54 Å². The molecule has 4 N–H and O–H groups in total. The molecule has 4 aromatic rings. The van der Waals surface area contributed by atoms with Gasteiger partial charge in [0.15, 0.2) is 0 Å². The molecule has 1 aliphatic carbocycles. The van der Waals surface area contributed by atoms with Crippen LogP contribution in [0.1, 0.15) is 62.5 Å². The molecule has 0 aromatic heterocycles. The molecule has 1 saturated carbocycles. The quantitative estimate of drug-likeness (QED) is 0.133. The van der Waals surface area contributed by atoms with E-state index in [9.17, 15) is 18.6 Å². The second-order valence-electron chi connectivity index (χ2n) is 12.0. The second-order valence-corrected chi connectivity index (χ2v) is 13.9. The maximum atomic E-state index is 13.3. The van der Waals surface area contributed by atoms with Gasteiger partial charge >= 0.3 is 0 Å². The Kier molecular flexibility index (Phi) is 8.57. The number of anilines is 1. The Balaban J connectivity index is 1.15. The average molecular weight is 597 g/mol. The number of sulfone groups is 1. The van der Waals surface area contributed by atoms with E-state index in [2.05, 4.69) is 10.6 Å². The Morgan fingerprint density at radius 3 is 2.00 bits per heavy atom. The van der Waals surface area contributed by atoms with Gasteiger partial charge in [-0.05, 0) is 77.6 Å². The van der Waals surface area contributed by atoms with Gasteiger partial charge in [-0.25, -0.2) is 8.42 Å². The first-order chi connectivity index (χ1) is 20.9. The highest BCUT2D eigenvalue weighted by Gasteiger charge is 2.49. The standard InChI is InChI=1S/C36H40N2O4S/c39-29-16-21-33-32(24-29)36(22-8-3-1-2-4-9-23-36)34(38-33)35(40)37-25-26-12-17-30(18-13-26)43(41,42)31-19-14-28(15-20-31)27-10-6-5-7-11-27/h5-7,10-21,24,34-35,37-40H,1-4,8-9,22-23,25H2. The molecule has 1 heterocycles. The van der Waals surface area contributed by atoms with Gasteiger partial charge in [0.2, 0.25) is 9.84 Å². The van der Waals surface area contributed by atoms with Gasteiger partial charge in [0, 0.05) is 17.6 Å². The second kappa shape index (κ2) is 12.5. The molecule has 7 heteroatoms. The monoisotopic (exact) mass is 596 g/mol. The number of benzene rings is 4. The Bertz CT molecular complexity index is 1630. The van der Waals surface area contributed by atoms with Gasteiger partial charge in [0.1, 0.15) is 12.0 Å². The first kappa shape index (κ1) is 29.4. The minimum atomic E-state index is -3.66. The Labute approximate surface area is 254 Å². The van der Waals surface area contributed by atoms with Crippen molar-refractivity contribution >= 4 is 15.5 Å². The summed E-state index contributed by atoms with van der Waals surface area (Å²) in [6.45, 7) is 0.392. The van der Waals surface area contributed by atoms with Crippen LogP contribution in [-0.4, -0.2) is 30.9 Å². The number of fused-ring (bicyclic) bond motifs is 2. The summed E-state index contributed by atoms with van der Waals surface area (Å²) in [5.74, 6) is 0.255. The zero-order valence-corrected chi connectivity index (χ0v) is 25.2. The van der Waals surface area contributed by atoms with Crippen molar-refractivity contribution in [3.63, 3.8) is 0 Å². The van der Waals surface area contributed by atoms with Crippen LogP contribution in [0.3, 0.4) is 0 Å². The third-order valence-corrected chi connectivity index (χ3v) is 11.1. The van der Waals surface area contributed by atoms with Gasteiger partial charge in [0.05, 0.1) is 15.8 Å². The van der Waals surface area contributed by atoms with Crippen molar-refractivity contribution in [1.29, 1.82) is 0 Å². The van der Waals surface area contributed by atoms with Crippen LogP contribution in [0.2, 0.25) is 0 Å². The third-order valence-electron chi connectivity index (χ3n) is 9.28. The van der Waals surface area contributed by atoms with Gasteiger partial charge in [-0.2, -0.15) is 0 Å². The van der Waals surface area contributed by atoms with E-state index in [1.807, 2.05) is 54.6 Å². The van der Waals surface area contributed by atoms with Crippen molar-refractivity contribution in [2.24, 2.45) is 0 Å². The lowest BCUT2D eigenvalue weighted by molar-refractivity contribution is 0.0775. The Morgan fingerprint density at radius 1 is 0.767 bits per heavy atom. The fourth-order valence-corrected chi connectivity index (χ4v) is 8.20. The van der Waals surface area contributed by atoms with Gasteiger partial charge in [0.25, 0.3) is 0 Å². The summed E-state index contributed by atoms with van der Waals surface area (Å²) in [4.78, 5) is 0.494. The van der Waals surface area contributed by atoms with Crippen molar-refractivity contribution in [3.8, 4) is 16.9 Å². The summed E-state index contributed by atoms with van der Waals surface area (Å²) in [7, 11) is -3.66. The summed E-state index contributed by atoms with van der Waals surface area (Å²) >= 11 is 0. The van der Waals surface area contributed by atoms with Gasteiger partial charge < -0.3 is 15.5 Å². The molecule has 0 radical (unpaired) electrons. The van der Waals surface area contributed by atoms with Crippen molar-refractivity contribution < 1.29 is 18.6 Å². The molecule has 0 bridgehead atoms. The molecule has 1 aliphatic heterocycles. The van der Waals surface area contributed by atoms with E-state index in [4.69, 9.17) is 0 Å². The molecular formula is C36H40N2O4S. The van der Waals surface area contributed by atoms with Crippen molar-refractivity contribution in [2.45, 2.75) is 85.4 Å². The predicted molar refractivity (Wildman–Crippen MR) is 171 cm³/mol. The van der Waals surface area contributed by atoms with Crippen LogP contribution in [0.15, 0.2) is 107 Å². The molecule has 4 aromatic carbocycles. The molecule has 224 valence electrons. The van der Waals surface area contributed by atoms with Gasteiger partial charge in [-0.15, -0.1) is 0 Å². The van der Waals surface area contributed by atoms with Gasteiger partial charge in [-0.1, -0.05) is 93.1 Å². The third kappa shape index (κ3) is 6.07. The summed E-state index contributed by atoms with van der Waals surface area (Å²) in [6, 6.07) is 29.0. The number of rotatable bonds is 7. The minimum Gasteiger partial charge on any atom is -0.508 e. The van der Waals surface area contributed by atoms with Crippen molar-refractivity contribution in [2.75, 3.05) is 5.32 Å². The number of hydrogen-bond acceptors (Lipinski definition) is 6. The molecule has 1 spiro atoms. The number of phenols is 1. The molecule has 2 aliphatic rings. The number of phenolic OH excluding ortho intramolecular Hbond substituents is 1. The molecule has 0 saturated heterocycles. The zero-order valence-electron chi connectivity index (χ0n) is 24.4. The summed E-state index contributed by atoms with van der Waals surface area (Å²) in [5, 5.41) is 28.7. The first-order valence-electron chi connectivity index (χ1n) is 15.4. The molecular weight excluding hydrogens is 556 g/mol. The molecule has 6 rings (SSSR count).